The summed E-state index contributed by atoms with van der Waals surface area (Å²) < 4.78 is 33.8. The van der Waals surface area contributed by atoms with Gasteiger partial charge in [0.1, 0.15) is 5.69 Å². The van der Waals surface area contributed by atoms with Crippen molar-refractivity contribution in [3.63, 3.8) is 0 Å². The molecule has 2 aliphatic heterocycles. The van der Waals surface area contributed by atoms with E-state index in [0.717, 1.165) is 48.1 Å². The zero-order valence-corrected chi connectivity index (χ0v) is 20.4. The Balaban J connectivity index is 1.56. The molecule has 12 nitrogen and oxygen atoms in total. The van der Waals surface area contributed by atoms with Crippen LogP contribution >= 0.6 is 11.8 Å². The van der Waals surface area contributed by atoms with Gasteiger partial charge in [0.2, 0.25) is 21.1 Å². The summed E-state index contributed by atoms with van der Waals surface area (Å²) in [6.45, 7) is 4.41. The number of ether oxygens (including phenoxy) is 1. The van der Waals surface area contributed by atoms with E-state index in [9.17, 15) is 18.0 Å². The third kappa shape index (κ3) is 5.19. The Hall–Kier alpha value is -2.68. The van der Waals surface area contributed by atoms with E-state index in [4.69, 9.17) is 10.6 Å². The Morgan fingerprint density at radius 2 is 1.88 bits per heavy atom. The fraction of sp³-hybridized carbons (Fsp3) is 0.500. The van der Waals surface area contributed by atoms with Crippen LogP contribution in [0.2, 0.25) is 0 Å². The lowest BCUT2D eigenvalue weighted by molar-refractivity contribution is -0.113. The van der Waals surface area contributed by atoms with Crippen molar-refractivity contribution >= 4 is 39.1 Å². The number of carbonyl (C=O) groups excluding carboxylic acids is 1. The SMILES string of the molecule is Cc1nnc(SCC(=O)Nc2cc(S(=O)(=O)N3CCOCC3)ccc2N2CCCC2)n(N)c1=O. The number of aryl methyl sites for hydroxylation is 1. The van der Waals surface area contributed by atoms with Gasteiger partial charge in [0.05, 0.1) is 35.2 Å². The largest absolute Gasteiger partial charge is 0.379 e. The first-order chi connectivity index (χ1) is 16.3. The highest BCUT2D eigenvalue weighted by Gasteiger charge is 2.28. The average molecular weight is 510 g/mol. The molecular formula is C20H27N7O5S2. The highest BCUT2D eigenvalue weighted by Crippen LogP contribution is 2.32. The van der Waals surface area contributed by atoms with Crippen molar-refractivity contribution in [3.05, 3.63) is 34.2 Å². The Morgan fingerprint density at radius 1 is 1.18 bits per heavy atom. The summed E-state index contributed by atoms with van der Waals surface area (Å²) in [4.78, 5) is 26.9. The molecule has 0 unspecified atom stereocenters. The van der Waals surface area contributed by atoms with Crippen LogP contribution in [0, 0.1) is 6.92 Å². The normalized spacial score (nSPS) is 17.1. The lowest BCUT2D eigenvalue weighted by Gasteiger charge is -2.27. The summed E-state index contributed by atoms with van der Waals surface area (Å²) in [5.41, 5.74) is 0.852. The second kappa shape index (κ2) is 10.3. The molecule has 3 heterocycles. The van der Waals surface area contributed by atoms with E-state index in [-0.39, 0.29) is 40.5 Å². The van der Waals surface area contributed by atoms with Crippen LogP contribution in [0.15, 0.2) is 33.0 Å². The summed E-state index contributed by atoms with van der Waals surface area (Å²) in [6, 6.07) is 4.83. The molecule has 2 aromatic rings. The van der Waals surface area contributed by atoms with Crippen molar-refractivity contribution in [2.45, 2.75) is 29.8 Å². The van der Waals surface area contributed by atoms with Crippen LogP contribution in [0.1, 0.15) is 18.5 Å². The number of hydrogen-bond acceptors (Lipinski definition) is 10. The Bertz CT molecular complexity index is 1220. The molecule has 0 atom stereocenters. The van der Waals surface area contributed by atoms with E-state index in [1.807, 2.05) is 0 Å². The molecular weight excluding hydrogens is 482 g/mol. The van der Waals surface area contributed by atoms with Crippen LogP contribution in [0.4, 0.5) is 11.4 Å². The van der Waals surface area contributed by atoms with E-state index in [0.29, 0.717) is 18.9 Å². The van der Waals surface area contributed by atoms with Crippen molar-refractivity contribution in [2.75, 3.05) is 61.2 Å². The van der Waals surface area contributed by atoms with Gasteiger partial charge in [0.15, 0.2) is 0 Å². The number of benzene rings is 1. The van der Waals surface area contributed by atoms with Crippen molar-refractivity contribution < 1.29 is 17.9 Å². The van der Waals surface area contributed by atoms with Crippen molar-refractivity contribution in [3.8, 4) is 0 Å². The third-order valence-electron chi connectivity index (χ3n) is 5.65. The van der Waals surface area contributed by atoms with Gasteiger partial charge in [-0.1, -0.05) is 11.8 Å². The topological polar surface area (TPSA) is 153 Å². The Morgan fingerprint density at radius 3 is 2.59 bits per heavy atom. The van der Waals surface area contributed by atoms with Crippen LogP contribution in [0.3, 0.4) is 0 Å². The molecule has 3 N–H and O–H groups in total. The molecule has 2 saturated heterocycles. The Labute approximate surface area is 201 Å². The number of rotatable bonds is 7. The van der Waals surface area contributed by atoms with Gasteiger partial charge in [0, 0.05) is 26.2 Å². The molecule has 1 aromatic carbocycles. The summed E-state index contributed by atoms with van der Waals surface area (Å²) in [6.07, 6.45) is 2.05. The zero-order chi connectivity index (χ0) is 24.3. The van der Waals surface area contributed by atoms with E-state index < -0.39 is 15.6 Å². The molecule has 2 fully saturated rings. The highest BCUT2D eigenvalue weighted by molar-refractivity contribution is 7.99. The first-order valence-electron chi connectivity index (χ1n) is 10.9. The summed E-state index contributed by atoms with van der Waals surface area (Å²) in [5.74, 6) is 5.25. The number of nitrogen functional groups attached to an aromatic ring is 1. The van der Waals surface area contributed by atoms with Crippen LogP contribution in [0.5, 0.6) is 0 Å². The molecule has 1 aromatic heterocycles. The molecule has 34 heavy (non-hydrogen) atoms. The molecule has 0 saturated carbocycles. The number of anilines is 2. The number of nitrogens with zero attached hydrogens (tertiary/aromatic N) is 5. The minimum Gasteiger partial charge on any atom is -0.379 e. The molecule has 2 aliphatic rings. The van der Waals surface area contributed by atoms with Crippen molar-refractivity contribution in [1.82, 2.24) is 19.2 Å². The summed E-state index contributed by atoms with van der Waals surface area (Å²) >= 11 is 0.966. The third-order valence-corrected chi connectivity index (χ3v) is 8.49. The number of aromatic nitrogens is 3. The van der Waals surface area contributed by atoms with Gasteiger partial charge in [-0.25, -0.2) is 8.42 Å². The fourth-order valence-electron chi connectivity index (χ4n) is 3.83. The Kier molecular flexibility index (Phi) is 7.40. The minimum absolute atomic E-state index is 0.0890. The van der Waals surface area contributed by atoms with Crippen molar-refractivity contribution in [1.29, 1.82) is 0 Å². The maximum Gasteiger partial charge on any atom is 0.294 e. The second-order valence-electron chi connectivity index (χ2n) is 7.97. The summed E-state index contributed by atoms with van der Waals surface area (Å²) in [5, 5.41) is 10.6. The molecule has 0 aliphatic carbocycles. The molecule has 14 heteroatoms. The number of carbonyl (C=O) groups is 1. The number of thioether (sulfide) groups is 1. The lowest BCUT2D eigenvalue weighted by Crippen LogP contribution is -2.40. The quantitative estimate of drug-likeness (QED) is 0.386. The standard InChI is InChI=1S/C20H27N7O5S2/c1-14-19(29)27(21)20(24-23-14)33-13-18(28)22-16-12-15(4-5-17(16)25-6-2-3-7-25)34(30,31)26-8-10-32-11-9-26/h4-5,12H,2-3,6-11,13,21H2,1H3,(H,22,28). The fourth-order valence-corrected chi connectivity index (χ4v) is 5.92. The van der Waals surface area contributed by atoms with Gasteiger partial charge in [-0.15, -0.1) is 10.2 Å². The summed E-state index contributed by atoms with van der Waals surface area (Å²) in [7, 11) is -3.72. The van der Waals surface area contributed by atoms with Gasteiger partial charge < -0.3 is 20.8 Å². The second-order valence-corrected chi connectivity index (χ2v) is 10.8. The zero-order valence-electron chi connectivity index (χ0n) is 18.8. The molecule has 4 rings (SSSR count). The molecule has 0 radical (unpaired) electrons. The first-order valence-corrected chi connectivity index (χ1v) is 13.3. The molecule has 184 valence electrons. The predicted octanol–water partition coefficient (Wildman–Crippen LogP) is 0.0124. The van der Waals surface area contributed by atoms with Crippen molar-refractivity contribution in [2.24, 2.45) is 0 Å². The molecule has 1 amide bonds. The van der Waals surface area contributed by atoms with E-state index in [1.54, 1.807) is 12.1 Å². The molecule has 0 bridgehead atoms. The molecule has 0 spiro atoms. The maximum absolute atomic E-state index is 13.1. The van der Waals surface area contributed by atoms with Gasteiger partial charge >= 0.3 is 0 Å². The smallest absolute Gasteiger partial charge is 0.294 e. The number of sulfonamides is 1. The van der Waals surface area contributed by atoms with Crippen LogP contribution in [-0.2, 0) is 19.6 Å². The number of amides is 1. The van der Waals surface area contributed by atoms with Gasteiger partial charge in [-0.3, -0.25) is 9.59 Å². The van der Waals surface area contributed by atoms with E-state index in [2.05, 4.69) is 20.4 Å². The number of hydrogen-bond donors (Lipinski definition) is 2. The maximum atomic E-state index is 13.1. The lowest BCUT2D eigenvalue weighted by atomic mass is 10.2. The van der Waals surface area contributed by atoms with Crippen LogP contribution in [-0.4, -0.2) is 78.6 Å². The number of nitrogens with one attached hydrogen (secondary N) is 1. The van der Waals surface area contributed by atoms with E-state index in [1.165, 1.54) is 17.3 Å². The van der Waals surface area contributed by atoms with Gasteiger partial charge in [0.25, 0.3) is 5.56 Å². The predicted molar refractivity (Wildman–Crippen MR) is 128 cm³/mol. The van der Waals surface area contributed by atoms with Gasteiger partial charge in [-0.05, 0) is 38.0 Å². The minimum atomic E-state index is -3.72. The van der Waals surface area contributed by atoms with E-state index >= 15 is 0 Å². The highest BCUT2D eigenvalue weighted by atomic mass is 32.2. The first kappa shape index (κ1) is 24.4. The monoisotopic (exact) mass is 509 g/mol. The number of nitrogens with two attached hydrogens (primary N) is 1. The van der Waals surface area contributed by atoms with Crippen LogP contribution < -0.4 is 21.6 Å². The van der Waals surface area contributed by atoms with Gasteiger partial charge in [-0.2, -0.15) is 8.98 Å². The average Bonchev–Trinajstić information content (AvgIpc) is 3.37. The van der Waals surface area contributed by atoms with Crippen LogP contribution in [0.25, 0.3) is 0 Å². The number of morpholine rings is 1.